The molecule has 0 aliphatic carbocycles. The lowest BCUT2D eigenvalue weighted by molar-refractivity contribution is 0.499. The van der Waals surface area contributed by atoms with E-state index in [-0.39, 0.29) is 24.0 Å². The third-order valence-corrected chi connectivity index (χ3v) is 3.94. The van der Waals surface area contributed by atoms with Crippen LogP contribution < -0.4 is 0 Å². The van der Waals surface area contributed by atoms with Crippen LogP contribution in [0.15, 0.2) is 60.7 Å². The van der Waals surface area contributed by atoms with E-state index in [1.54, 1.807) is 24.3 Å². The summed E-state index contributed by atoms with van der Waals surface area (Å²) in [6.45, 7) is 0. The predicted octanol–water partition coefficient (Wildman–Crippen LogP) is 5.42. The van der Waals surface area contributed by atoms with Crippen LogP contribution in [0.5, 0.6) is 0 Å². The normalized spacial score (nSPS) is 10.8. The zero-order valence-electron chi connectivity index (χ0n) is 12.7. The highest BCUT2D eigenvalue weighted by Gasteiger charge is 2.13. The standard InChI is InChI=1S/C20H14F4/c21-17-9-3-7-15(19(17)23)11-13-5-1-2-6-14(13)12-16-8-4-10-18(22)20(16)24/h1-10H,11-12H2. The van der Waals surface area contributed by atoms with E-state index in [0.717, 1.165) is 23.3 Å². The molecule has 122 valence electrons. The molecule has 0 saturated heterocycles. The van der Waals surface area contributed by atoms with Gasteiger partial charge in [-0.15, -0.1) is 0 Å². The highest BCUT2D eigenvalue weighted by molar-refractivity contribution is 5.37. The first-order valence-corrected chi connectivity index (χ1v) is 7.49. The maximum absolute atomic E-state index is 13.9. The maximum Gasteiger partial charge on any atom is 0.162 e. The third kappa shape index (κ3) is 3.32. The summed E-state index contributed by atoms with van der Waals surface area (Å²) >= 11 is 0. The van der Waals surface area contributed by atoms with Crippen molar-refractivity contribution in [2.24, 2.45) is 0 Å². The van der Waals surface area contributed by atoms with Gasteiger partial charge in [-0.1, -0.05) is 48.5 Å². The molecule has 3 aromatic rings. The van der Waals surface area contributed by atoms with Gasteiger partial charge in [-0.3, -0.25) is 0 Å². The van der Waals surface area contributed by atoms with E-state index in [2.05, 4.69) is 0 Å². The van der Waals surface area contributed by atoms with E-state index in [4.69, 9.17) is 0 Å². The van der Waals surface area contributed by atoms with Gasteiger partial charge in [0, 0.05) is 12.8 Å². The molecule has 0 aromatic heterocycles. The molecule has 24 heavy (non-hydrogen) atoms. The predicted molar refractivity (Wildman–Crippen MR) is 84.8 cm³/mol. The summed E-state index contributed by atoms with van der Waals surface area (Å²) in [6, 6.07) is 15.1. The van der Waals surface area contributed by atoms with E-state index >= 15 is 0 Å². The Morgan fingerprint density at radius 2 is 0.833 bits per heavy atom. The van der Waals surface area contributed by atoms with Crippen molar-refractivity contribution >= 4 is 0 Å². The molecule has 0 heterocycles. The van der Waals surface area contributed by atoms with Gasteiger partial charge >= 0.3 is 0 Å². The van der Waals surface area contributed by atoms with Gasteiger partial charge in [0.1, 0.15) is 0 Å². The van der Waals surface area contributed by atoms with E-state index in [0.29, 0.717) is 0 Å². The van der Waals surface area contributed by atoms with Crippen LogP contribution in [0, 0.1) is 23.3 Å². The van der Waals surface area contributed by atoms with Crippen molar-refractivity contribution in [2.75, 3.05) is 0 Å². The Labute approximate surface area is 137 Å². The zero-order chi connectivity index (χ0) is 17.1. The van der Waals surface area contributed by atoms with Gasteiger partial charge in [-0.2, -0.15) is 0 Å². The van der Waals surface area contributed by atoms with Crippen molar-refractivity contribution in [2.45, 2.75) is 12.8 Å². The van der Waals surface area contributed by atoms with Gasteiger partial charge in [0.25, 0.3) is 0 Å². The fourth-order valence-electron chi connectivity index (χ4n) is 2.68. The molecule has 0 spiro atoms. The van der Waals surface area contributed by atoms with Crippen molar-refractivity contribution in [1.82, 2.24) is 0 Å². The van der Waals surface area contributed by atoms with Crippen LogP contribution in [-0.2, 0) is 12.8 Å². The van der Waals surface area contributed by atoms with Gasteiger partial charge in [0.05, 0.1) is 0 Å². The molecule has 0 bridgehead atoms. The fraction of sp³-hybridized carbons (Fsp3) is 0.100. The first-order chi connectivity index (χ1) is 11.6. The molecule has 0 unspecified atom stereocenters. The minimum atomic E-state index is -0.902. The molecule has 0 N–H and O–H groups in total. The molecule has 0 amide bonds. The molecule has 3 aromatic carbocycles. The molecule has 0 aliphatic rings. The summed E-state index contributed by atoms with van der Waals surface area (Å²) in [5, 5.41) is 0. The van der Waals surface area contributed by atoms with Crippen LogP contribution >= 0.6 is 0 Å². The van der Waals surface area contributed by atoms with Crippen LogP contribution in [0.2, 0.25) is 0 Å². The SMILES string of the molecule is Fc1cccc(Cc2ccccc2Cc2cccc(F)c2F)c1F. The zero-order valence-corrected chi connectivity index (χ0v) is 12.7. The van der Waals surface area contributed by atoms with Crippen molar-refractivity contribution in [1.29, 1.82) is 0 Å². The smallest absolute Gasteiger partial charge is 0.162 e. The number of hydrogen-bond donors (Lipinski definition) is 0. The number of benzene rings is 3. The van der Waals surface area contributed by atoms with Crippen molar-refractivity contribution in [3.63, 3.8) is 0 Å². The van der Waals surface area contributed by atoms with Crippen molar-refractivity contribution in [3.8, 4) is 0 Å². The Morgan fingerprint density at radius 1 is 0.458 bits per heavy atom. The minimum absolute atomic E-state index is 0.177. The second-order valence-electron chi connectivity index (χ2n) is 5.55. The lowest BCUT2D eigenvalue weighted by Gasteiger charge is -2.11. The van der Waals surface area contributed by atoms with Gasteiger partial charge in [0.2, 0.25) is 0 Å². The molecule has 0 radical (unpaired) electrons. The van der Waals surface area contributed by atoms with Crippen molar-refractivity contribution < 1.29 is 17.6 Å². The summed E-state index contributed by atoms with van der Waals surface area (Å²) < 4.78 is 54.5. The summed E-state index contributed by atoms with van der Waals surface area (Å²) in [5.41, 5.74) is 1.93. The first-order valence-electron chi connectivity index (χ1n) is 7.49. The van der Waals surface area contributed by atoms with Gasteiger partial charge in [-0.05, 0) is 34.4 Å². The van der Waals surface area contributed by atoms with E-state index < -0.39 is 23.3 Å². The lowest BCUT2D eigenvalue weighted by atomic mass is 9.95. The Balaban J connectivity index is 1.94. The molecular formula is C20H14F4. The Bertz CT molecular complexity index is 799. The van der Waals surface area contributed by atoms with Crippen LogP contribution in [0.3, 0.4) is 0 Å². The van der Waals surface area contributed by atoms with Crippen LogP contribution in [0.1, 0.15) is 22.3 Å². The Kier molecular flexibility index (Phi) is 4.65. The summed E-state index contributed by atoms with van der Waals surface area (Å²) in [6.07, 6.45) is 0.355. The van der Waals surface area contributed by atoms with E-state index in [9.17, 15) is 17.6 Å². The summed E-state index contributed by atoms with van der Waals surface area (Å²) in [5.74, 6) is -3.57. The topological polar surface area (TPSA) is 0 Å². The molecular weight excluding hydrogens is 316 g/mol. The molecule has 0 fully saturated rings. The molecule has 0 atom stereocenters. The number of rotatable bonds is 4. The average Bonchev–Trinajstić information content (AvgIpc) is 2.58. The molecule has 3 rings (SSSR count). The second kappa shape index (κ2) is 6.87. The molecule has 0 aliphatic heterocycles. The highest BCUT2D eigenvalue weighted by Crippen LogP contribution is 2.22. The second-order valence-corrected chi connectivity index (χ2v) is 5.55. The third-order valence-electron chi connectivity index (χ3n) is 3.94. The van der Waals surface area contributed by atoms with Gasteiger partial charge in [0.15, 0.2) is 23.3 Å². The summed E-state index contributed by atoms with van der Waals surface area (Å²) in [7, 11) is 0. The van der Waals surface area contributed by atoms with Gasteiger partial charge < -0.3 is 0 Å². The monoisotopic (exact) mass is 330 g/mol. The largest absolute Gasteiger partial charge is 0.204 e. The lowest BCUT2D eigenvalue weighted by Crippen LogP contribution is -2.02. The first kappa shape index (κ1) is 16.2. The molecule has 0 nitrogen and oxygen atoms in total. The Hall–Kier alpha value is -2.62. The molecule has 4 heteroatoms. The van der Waals surface area contributed by atoms with E-state index in [1.807, 2.05) is 0 Å². The number of halogens is 4. The van der Waals surface area contributed by atoms with Crippen LogP contribution in [0.25, 0.3) is 0 Å². The molecule has 0 saturated carbocycles. The van der Waals surface area contributed by atoms with Crippen LogP contribution in [-0.4, -0.2) is 0 Å². The Morgan fingerprint density at radius 3 is 1.25 bits per heavy atom. The van der Waals surface area contributed by atoms with Crippen LogP contribution in [0.4, 0.5) is 17.6 Å². The maximum atomic E-state index is 13.9. The van der Waals surface area contributed by atoms with Crippen molar-refractivity contribution in [3.05, 3.63) is 106 Å². The van der Waals surface area contributed by atoms with E-state index in [1.165, 1.54) is 24.3 Å². The number of hydrogen-bond acceptors (Lipinski definition) is 0. The van der Waals surface area contributed by atoms with Gasteiger partial charge in [-0.25, -0.2) is 17.6 Å². The quantitative estimate of drug-likeness (QED) is 0.560. The fourth-order valence-corrected chi connectivity index (χ4v) is 2.68. The average molecular weight is 330 g/mol. The highest BCUT2D eigenvalue weighted by atomic mass is 19.2. The minimum Gasteiger partial charge on any atom is -0.204 e. The summed E-state index contributed by atoms with van der Waals surface area (Å²) in [4.78, 5) is 0.